The van der Waals surface area contributed by atoms with E-state index < -0.39 is 41.1 Å². The summed E-state index contributed by atoms with van der Waals surface area (Å²) >= 11 is 12.2. The van der Waals surface area contributed by atoms with Crippen molar-refractivity contribution in [3.63, 3.8) is 0 Å². The molecule has 39 heavy (non-hydrogen) atoms. The molecule has 0 spiro atoms. The lowest BCUT2D eigenvalue weighted by atomic mass is 9.88. The quantitative estimate of drug-likeness (QED) is 0.334. The molecule has 1 aromatic heterocycles. The summed E-state index contributed by atoms with van der Waals surface area (Å²) in [6.45, 7) is 2.33. The Morgan fingerprint density at radius 1 is 1.10 bits per heavy atom. The van der Waals surface area contributed by atoms with Gasteiger partial charge in [0.15, 0.2) is 0 Å². The lowest BCUT2D eigenvalue weighted by Gasteiger charge is -2.43. The number of carbonyl (C=O) groups is 1. The van der Waals surface area contributed by atoms with Gasteiger partial charge in [0.2, 0.25) is 5.72 Å². The van der Waals surface area contributed by atoms with Crippen molar-refractivity contribution in [1.82, 2.24) is 9.88 Å². The number of aromatic nitrogens is 1. The summed E-state index contributed by atoms with van der Waals surface area (Å²) in [4.78, 5) is 19.9. The maximum absolute atomic E-state index is 16.3. The number of hydrogen-bond acceptors (Lipinski definition) is 6. The van der Waals surface area contributed by atoms with Crippen LogP contribution < -0.4 is 0 Å². The summed E-state index contributed by atoms with van der Waals surface area (Å²) in [5, 5.41) is 32.1. The molecular formula is C29H29Cl2FN2O5. The maximum Gasteiger partial charge on any atom is 0.257 e. The molecular weight excluding hydrogens is 546 g/mol. The van der Waals surface area contributed by atoms with Crippen LogP contribution in [0.3, 0.4) is 0 Å². The van der Waals surface area contributed by atoms with E-state index in [1.807, 2.05) is 0 Å². The number of fused-ring (bicyclic) bond motifs is 1. The van der Waals surface area contributed by atoms with E-state index in [-0.39, 0.29) is 29.9 Å². The van der Waals surface area contributed by atoms with Gasteiger partial charge in [0.05, 0.1) is 47.3 Å². The van der Waals surface area contributed by atoms with Crippen LogP contribution >= 0.6 is 23.2 Å². The number of amides is 1. The maximum atomic E-state index is 16.3. The molecule has 2 aliphatic rings. The van der Waals surface area contributed by atoms with Crippen LogP contribution in [0.15, 0.2) is 54.7 Å². The van der Waals surface area contributed by atoms with Crippen LogP contribution in [0, 0.1) is 11.2 Å². The predicted molar refractivity (Wildman–Crippen MR) is 144 cm³/mol. The molecule has 1 fully saturated rings. The zero-order valence-electron chi connectivity index (χ0n) is 21.5. The average molecular weight is 575 g/mol. The number of halogens is 3. The minimum absolute atomic E-state index is 0.0108. The Labute approximate surface area is 235 Å². The smallest absolute Gasteiger partial charge is 0.257 e. The Morgan fingerprint density at radius 3 is 2.31 bits per heavy atom. The summed E-state index contributed by atoms with van der Waals surface area (Å²) in [6, 6.07) is 11.3. The van der Waals surface area contributed by atoms with Gasteiger partial charge in [0.25, 0.3) is 5.91 Å². The second kappa shape index (κ2) is 10.1. The van der Waals surface area contributed by atoms with Crippen molar-refractivity contribution in [3.05, 3.63) is 98.5 Å². The van der Waals surface area contributed by atoms with Gasteiger partial charge in [-0.2, -0.15) is 0 Å². The molecule has 3 aromatic rings. The second-order valence-electron chi connectivity index (χ2n) is 10.8. The number of ether oxygens (including phenoxy) is 1. The highest BCUT2D eigenvalue weighted by Gasteiger charge is 2.58. The molecule has 1 aliphatic carbocycles. The minimum atomic E-state index is -1.85. The molecule has 2 aromatic carbocycles. The zero-order valence-corrected chi connectivity index (χ0v) is 23.0. The average Bonchev–Trinajstić information content (AvgIpc) is 3.64. The number of carbonyl (C=O) groups excluding carboxylic acids is 1. The minimum Gasteiger partial charge on any atom is -0.396 e. The van der Waals surface area contributed by atoms with E-state index in [0.717, 1.165) is 0 Å². The van der Waals surface area contributed by atoms with E-state index in [4.69, 9.17) is 27.9 Å². The molecule has 3 N–H and O–H groups in total. The van der Waals surface area contributed by atoms with Crippen molar-refractivity contribution in [3.8, 4) is 0 Å². The molecule has 2 heterocycles. The van der Waals surface area contributed by atoms with Gasteiger partial charge in [0.1, 0.15) is 11.9 Å². The largest absolute Gasteiger partial charge is 0.396 e. The van der Waals surface area contributed by atoms with Crippen LogP contribution in [0.5, 0.6) is 0 Å². The van der Waals surface area contributed by atoms with E-state index >= 15 is 4.39 Å². The van der Waals surface area contributed by atoms with Crippen LogP contribution in [-0.2, 0) is 16.1 Å². The molecule has 7 nitrogen and oxygen atoms in total. The molecule has 206 valence electrons. The Kier molecular flexibility index (Phi) is 7.24. The fraction of sp³-hybridized carbons (Fsp3) is 0.379. The molecule has 0 bridgehead atoms. The van der Waals surface area contributed by atoms with Crippen LogP contribution in [0.1, 0.15) is 65.5 Å². The number of hydrogen-bond donors (Lipinski definition) is 3. The number of pyridine rings is 1. The predicted octanol–water partition coefficient (Wildman–Crippen LogP) is 4.93. The Morgan fingerprint density at radius 2 is 1.77 bits per heavy atom. The van der Waals surface area contributed by atoms with Crippen LogP contribution in [0.4, 0.5) is 4.39 Å². The first-order valence-electron chi connectivity index (χ1n) is 12.6. The Balaban J connectivity index is 1.80. The number of aliphatic hydroxyl groups excluding tert-OH is 2. The summed E-state index contributed by atoms with van der Waals surface area (Å²) in [5.74, 6) is -1.38. The Hall–Kier alpha value is -2.59. The van der Waals surface area contributed by atoms with E-state index in [1.165, 1.54) is 37.1 Å². The highest BCUT2D eigenvalue weighted by molar-refractivity contribution is 6.30. The van der Waals surface area contributed by atoms with Crippen LogP contribution in [0.25, 0.3) is 0 Å². The standard InChI is InChI=1S/C29H29Cl2FN2O5/c1-27(2,38)18-11-21-25(22(32)12-18)29(17-3-5-19(30)6-4-17,39-16-28(15-36)9-10-28)34(26(21)37)24(14-35)23-8-7-20(31)13-33-23/h3-8,11-13,24,35-36,38H,9-10,14-16H2,1-2H3/t24?,29-/m1/s1. The number of rotatable bonds is 9. The third kappa shape index (κ3) is 4.84. The van der Waals surface area contributed by atoms with Crippen molar-refractivity contribution >= 4 is 29.1 Å². The van der Waals surface area contributed by atoms with Crippen molar-refractivity contribution in [2.24, 2.45) is 5.41 Å². The fourth-order valence-corrected chi connectivity index (χ4v) is 5.32. The highest BCUT2D eigenvalue weighted by Crippen LogP contribution is 2.54. The summed E-state index contributed by atoms with van der Waals surface area (Å²) < 4.78 is 22.9. The molecule has 1 unspecified atom stereocenters. The van der Waals surface area contributed by atoms with Gasteiger partial charge >= 0.3 is 0 Å². The SMILES string of the molecule is CC(C)(O)c1cc(F)c2c(c1)C(=O)N(C(CO)c1ccc(Cl)cn1)[C@@]2(OCC1(CO)CC1)c1ccc(Cl)cc1. The van der Waals surface area contributed by atoms with Gasteiger partial charge in [-0.3, -0.25) is 14.7 Å². The number of benzene rings is 2. The van der Waals surface area contributed by atoms with Gasteiger partial charge in [-0.05, 0) is 68.7 Å². The third-order valence-electron chi connectivity index (χ3n) is 7.62. The molecule has 0 saturated heterocycles. The summed E-state index contributed by atoms with van der Waals surface area (Å²) in [6.07, 6.45) is 2.82. The Bertz CT molecular complexity index is 1390. The number of nitrogens with zero attached hydrogens (tertiary/aromatic N) is 2. The molecule has 10 heteroatoms. The van der Waals surface area contributed by atoms with E-state index in [9.17, 15) is 20.1 Å². The number of aliphatic hydroxyl groups is 3. The third-order valence-corrected chi connectivity index (χ3v) is 8.09. The monoisotopic (exact) mass is 574 g/mol. The van der Waals surface area contributed by atoms with Gasteiger partial charge in [-0.25, -0.2) is 4.39 Å². The van der Waals surface area contributed by atoms with E-state index in [1.54, 1.807) is 36.4 Å². The molecule has 1 aliphatic heterocycles. The normalized spacial score (nSPS) is 20.7. The molecule has 0 radical (unpaired) electrons. The summed E-state index contributed by atoms with van der Waals surface area (Å²) in [5.41, 5.74) is -2.94. The topological polar surface area (TPSA) is 103 Å². The van der Waals surface area contributed by atoms with Gasteiger partial charge in [-0.15, -0.1) is 0 Å². The van der Waals surface area contributed by atoms with Crippen molar-refractivity contribution in [1.29, 1.82) is 0 Å². The van der Waals surface area contributed by atoms with Gasteiger partial charge < -0.3 is 20.1 Å². The van der Waals surface area contributed by atoms with E-state index in [2.05, 4.69) is 4.98 Å². The van der Waals surface area contributed by atoms with Crippen molar-refractivity contribution in [2.45, 2.75) is 44.1 Å². The summed E-state index contributed by atoms with van der Waals surface area (Å²) in [7, 11) is 0. The van der Waals surface area contributed by atoms with Crippen molar-refractivity contribution in [2.75, 3.05) is 19.8 Å². The highest BCUT2D eigenvalue weighted by atomic mass is 35.5. The first kappa shape index (κ1) is 28.0. The fourth-order valence-electron chi connectivity index (χ4n) is 5.09. The molecule has 5 rings (SSSR count). The molecule has 1 amide bonds. The second-order valence-corrected chi connectivity index (χ2v) is 11.7. The lowest BCUT2D eigenvalue weighted by molar-refractivity contribution is -0.145. The van der Waals surface area contributed by atoms with Crippen LogP contribution in [0.2, 0.25) is 10.0 Å². The lowest BCUT2D eigenvalue weighted by Crippen LogP contribution is -2.51. The first-order chi connectivity index (χ1) is 18.5. The molecule has 1 saturated carbocycles. The first-order valence-corrected chi connectivity index (χ1v) is 13.3. The van der Waals surface area contributed by atoms with Crippen LogP contribution in [-0.4, -0.2) is 50.9 Å². The molecule has 2 atom stereocenters. The zero-order chi connectivity index (χ0) is 28.2. The van der Waals surface area contributed by atoms with Gasteiger partial charge in [-0.1, -0.05) is 35.3 Å². The van der Waals surface area contributed by atoms with E-state index in [0.29, 0.717) is 34.1 Å². The van der Waals surface area contributed by atoms with Gasteiger partial charge in [0, 0.05) is 22.2 Å². The van der Waals surface area contributed by atoms with Crippen molar-refractivity contribution < 1.29 is 29.2 Å².